The molecule has 1 heterocycles. The molecule has 0 radical (unpaired) electrons. The molecule has 0 aliphatic carbocycles. The van der Waals surface area contributed by atoms with Crippen LogP contribution in [0.25, 0.3) is 0 Å². The summed E-state index contributed by atoms with van der Waals surface area (Å²) in [7, 11) is 0. The zero-order valence-corrected chi connectivity index (χ0v) is 15.6. The van der Waals surface area contributed by atoms with Crippen LogP contribution < -0.4 is 10.3 Å². The molecule has 0 aromatic heterocycles. The molecule has 1 fully saturated rings. The van der Waals surface area contributed by atoms with E-state index < -0.39 is 0 Å². The molecule has 2 aromatic carbocycles. The van der Waals surface area contributed by atoms with E-state index in [1.165, 1.54) is 11.8 Å². The number of halogens is 1. The number of carbonyl (C=O) groups is 1. The second kappa shape index (κ2) is 9.28. The summed E-state index contributed by atoms with van der Waals surface area (Å²) in [5.41, 5.74) is 4.63. The number of hydrazone groups is 1. The highest BCUT2D eigenvalue weighted by atomic mass is 19.1. The molecular formula is C21H25FN4O. The number of piperazine rings is 1. The third-order valence-electron chi connectivity index (χ3n) is 4.76. The molecule has 142 valence electrons. The van der Waals surface area contributed by atoms with Crippen LogP contribution in [0.2, 0.25) is 0 Å². The third-order valence-corrected chi connectivity index (χ3v) is 4.76. The maximum Gasteiger partial charge on any atom is 0.241 e. The number of carbonyl (C=O) groups excluding carboxylic acids is 1. The molecule has 1 aliphatic heterocycles. The summed E-state index contributed by atoms with van der Waals surface area (Å²) in [6, 6.07) is 16.8. The van der Waals surface area contributed by atoms with Gasteiger partial charge in [-0.2, -0.15) is 5.10 Å². The molecule has 1 N–H and O–H groups in total. The number of anilines is 1. The summed E-state index contributed by atoms with van der Waals surface area (Å²) in [5.74, 6) is -0.500. The molecule has 1 saturated heterocycles. The van der Waals surface area contributed by atoms with E-state index in [4.69, 9.17) is 0 Å². The standard InChI is InChI=1S/C21H25FN4O/c1-17(19-9-5-6-10-20(19)22)23-24-21(27)11-12-25-13-15-26(16-14-25)18-7-3-2-4-8-18/h2-10H,11-16H2,1H3,(H,24,27)/b23-17-. The van der Waals surface area contributed by atoms with Crippen molar-refractivity contribution in [3.05, 3.63) is 66.0 Å². The summed E-state index contributed by atoms with van der Waals surface area (Å²) < 4.78 is 13.7. The fourth-order valence-electron chi connectivity index (χ4n) is 3.15. The van der Waals surface area contributed by atoms with Crippen molar-refractivity contribution >= 4 is 17.3 Å². The van der Waals surface area contributed by atoms with Crippen molar-refractivity contribution in [1.29, 1.82) is 0 Å². The van der Waals surface area contributed by atoms with E-state index in [1.807, 2.05) is 6.07 Å². The van der Waals surface area contributed by atoms with Gasteiger partial charge in [0.25, 0.3) is 0 Å². The van der Waals surface area contributed by atoms with Crippen LogP contribution in [0.15, 0.2) is 59.7 Å². The lowest BCUT2D eigenvalue weighted by molar-refractivity contribution is -0.121. The van der Waals surface area contributed by atoms with Gasteiger partial charge in [0.05, 0.1) is 5.71 Å². The van der Waals surface area contributed by atoms with E-state index in [1.54, 1.807) is 25.1 Å². The minimum atomic E-state index is -0.343. The quantitative estimate of drug-likeness (QED) is 0.630. The molecule has 27 heavy (non-hydrogen) atoms. The smallest absolute Gasteiger partial charge is 0.241 e. The van der Waals surface area contributed by atoms with Crippen LogP contribution in [-0.4, -0.2) is 49.2 Å². The van der Waals surface area contributed by atoms with Gasteiger partial charge in [-0.15, -0.1) is 0 Å². The number of para-hydroxylation sites is 1. The molecule has 0 spiro atoms. The first-order valence-electron chi connectivity index (χ1n) is 9.24. The van der Waals surface area contributed by atoms with Crippen LogP contribution >= 0.6 is 0 Å². The molecule has 6 heteroatoms. The lowest BCUT2D eigenvalue weighted by Gasteiger charge is -2.36. The first-order chi connectivity index (χ1) is 13.1. The Balaban J connectivity index is 1.41. The molecule has 2 aromatic rings. The van der Waals surface area contributed by atoms with Crippen LogP contribution in [0.4, 0.5) is 10.1 Å². The topological polar surface area (TPSA) is 47.9 Å². The first-order valence-corrected chi connectivity index (χ1v) is 9.24. The minimum absolute atomic E-state index is 0.156. The Kier molecular flexibility index (Phi) is 6.54. The number of hydrogen-bond donors (Lipinski definition) is 1. The number of amides is 1. The van der Waals surface area contributed by atoms with Crippen LogP contribution in [0.5, 0.6) is 0 Å². The Bertz CT molecular complexity index is 786. The molecule has 5 nitrogen and oxygen atoms in total. The second-order valence-corrected chi connectivity index (χ2v) is 6.63. The molecule has 0 bridgehead atoms. The molecule has 0 saturated carbocycles. The van der Waals surface area contributed by atoms with Crippen molar-refractivity contribution in [1.82, 2.24) is 10.3 Å². The Morgan fingerprint density at radius 2 is 1.70 bits per heavy atom. The largest absolute Gasteiger partial charge is 0.369 e. The number of rotatable bonds is 6. The highest BCUT2D eigenvalue weighted by Gasteiger charge is 2.17. The van der Waals surface area contributed by atoms with E-state index in [-0.39, 0.29) is 11.7 Å². The van der Waals surface area contributed by atoms with Gasteiger partial charge in [-0.05, 0) is 25.1 Å². The van der Waals surface area contributed by atoms with Crippen molar-refractivity contribution in [3.8, 4) is 0 Å². The van der Waals surface area contributed by atoms with Gasteiger partial charge in [-0.25, -0.2) is 9.82 Å². The summed E-state index contributed by atoms with van der Waals surface area (Å²) in [5, 5.41) is 4.02. The normalized spacial score (nSPS) is 15.6. The zero-order valence-electron chi connectivity index (χ0n) is 15.6. The molecule has 3 rings (SSSR count). The van der Waals surface area contributed by atoms with Crippen LogP contribution in [0.3, 0.4) is 0 Å². The maximum atomic E-state index is 13.7. The van der Waals surface area contributed by atoms with Gasteiger partial charge >= 0.3 is 0 Å². The molecule has 1 amide bonds. The van der Waals surface area contributed by atoms with Gasteiger partial charge in [-0.3, -0.25) is 9.69 Å². The summed E-state index contributed by atoms with van der Waals surface area (Å²) in [4.78, 5) is 16.7. The fourth-order valence-corrected chi connectivity index (χ4v) is 3.15. The third kappa shape index (κ3) is 5.37. The minimum Gasteiger partial charge on any atom is -0.369 e. The Labute approximate surface area is 159 Å². The highest BCUT2D eigenvalue weighted by Crippen LogP contribution is 2.15. The van der Waals surface area contributed by atoms with Gasteiger partial charge in [0.2, 0.25) is 5.91 Å². The van der Waals surface area contributed by atoms with Crippen molar-refractivity contribution < 1.29 is 9.18 Å². The zero-order chi connectivity index (χ0) is 19.1. The molecular weight excluding hydrogens is 343 g/mol. The molecule has 0 atom stereocenters. The Morgan fingerprint density at radius 3 is 2.41 bits per heavy atom. The average molecular weight is 368 g/mol. The van der Waals surface area contributed by atoms with Gasteiger partial charge in [0.15, 0.2) is 0 Å². The summed E-state index contributed by atoms with van der Waals surface area (Å²) in [6.07, 6.45) is 0.374. The average Bonchev–Trinajstić information content (AvgIpc) is 2.72. The lowest BCUT2D eigenvalue weighted by atomic mass is 10.1. The van der Waals surface area contributed by atoms with Gasteiger partial charge < -0.3 is 4.90 Å². The summed E-state index contributed by atoms with van der Waals surface area (Å²) in [6.45, 7) is 6.15. The van der Waals surface area contributed by atoms with Gasteiger partial charge in [-0.1, -0.05) is 36.4 Å². The SMILES string of the molecule is C/C(=N/NC(=O)CCN1CCN(c2ccccc2)CC1)c1ccccc1F. The number of nitrogens with one attached hydrogen (secondary N) is 1. The highest BCUT2D eigenvalue weighted by molar-refractivity contribution is 5.99. The predicted molar refractivity (Wildman–Crippen MR) is 106 cm³/mol. The van der Waals surface area contributed by atoms with Crippen molar-refractivity contribution in [2.24, 2.45) is 5.10 Å². The predicted octanol–water partition coefficient (Wildman–Crippen LogP) is 2.88. The van der Waals surface area contributed by atoms with Crippen molar-refractivity contribution in [2.75, 3.05) is 37.6 Å². The maximum absolute atomic E-state index is 13.7. The molecule has 1 aliphatic rings. The van der Waals surface area contributed by atoms with Crippen LogP contribution in [0, 0.1) is 5.82 Å². The Hall–Kier alpha value is -2.73. The monoisotopic (exact) mass is 368 g/mol. The van der Waals surface area contributed by atoms with Gasteiger partial charge in [0.1, 0.15) is 5.82 Å². The number of hydrogen-bond acceptors (Lipinski definition) is 4. The summed E-state index contributed by atoms with van der Waals surface area (Å²) >= 11 is 0. The fraction of sp³-hybridized carbons (Fsp3) is 0.333. The van der Waals surface area contributed by atoms with Gasteiger partial charge in [0, 0.05) is 50.4 Å². The van der Waals surface area contributed by atoms with E-state index >= 15 is 0 Å². The first kappa shape index (κ1) is 19.0. The number of nitrogens with zero attached hydrogens (tertiary/aromatic N) is 3. The lowest BCUT2D eigenvalue weighted by Crippen LogP contribution is -2.47. The van der Waals surface area contributed by atoms with E-state index in [2.05, 4.69) is 44.6 Å². The van der Waals surface area contributed by atoms with E-state index in [0.717, 1.165) is 26.2 Å². The Morgan fingerprint density at radius 1 is 1.04 bits per heavy atom. The molecule has 0 unspecified atom stereocenters. The number of benzene rings is 2. The van der Waals surface area contributed by atoms with E-state index in [9.17, 15) is 9.18 Å². The van der Waals surface area contributed by atoms with E-state index in [0.29, 0.717) is 24.2 Å². The van der Waals surface area contributed by atoms with Crippen molar-refractivity contribution in [3.63, 3.8) is 0 Å². The van der Waals surface area contributed by atoms with Crippen molar-refractivity contribution in [2.45, 2.75) is 13.3 Å². The van der Waals surface area contributed by atoms with Crippen LogP contribution in [0.1, 0.15) is 18.9 Å². The van der Waals surface area contributed by atoms with Crippen LogP contribution in [-0.2, 0) is 4.79 Å². The second-order valence-electron chi connectivity index (χ2n) is 6.63.